The zero-order valence-electron chi connectivity index (χ0n) is 11.3. The number of hydrogen-bond acceptors (Lipinski definition) is 5. The van der Waals surface area contributed by atoms with Crippen LogP contribution in [-0.4, -0.2) is 51.0 Å². The molecule has 0 amide bonds. The van der Waals surface area contributed by atoms with Crippen LogP contribution in [0.15, 0.2) is 12.7 Å². The van der Waals surface area contributed by atoms with E-state index in [1.807, 2.05) is 0 Å². The smallest absolute Gasteiger partial charge is 0.182 e. The molecule has 0 spiro atoms. The van der Waals surface area contributed by atoms with E-state index in [0.29, 0.717) is 5.65 Å². The molecule has 2 aromatic rings. The maximum absolute atomic E-state index is 4.26. The van der Waals surface area contributed by atoms with Gasteiger partial charge in [0.15, 0.2) is 11.5 Å². The minimum Gasteiger partial charge on any atom is -0.367 e. The molecule has 19 heavy (non-hydrogen) atoms. The predicted molar refractivity (Wildman–Crippen MR) is 75.1 cm³/mol. The molecule has 6 nitrogen and oxygen atoms in total. The van der Waals surface area contributed by atoms with E-state index in [2.05, 4.69) is 37.2 Å². The maximum Gasteiger partial charge on any atom is 0.182 e. The zero-order chi connectivity index (χ0) is 13.1. The Bertz CT molecular complexity index is 531. The second-order valence-electron chi connectivity index (χ2n) is 5.17. The molecule has 2 aromatic heterocycles. The zero-order valence-corrected chi connectivity index (χ0v) is 11.3. The normalized spacial score (nSPS) is 16.5. The van der Waals surface area contributed by atoms with Crippen molar-refractivity contribution >= 4 is 17.0 Å². The summed E-state index contributed by atoms with van der Waals surface area (Å²) in [6.45, 7) is 1.92. The van der Waals surface area contributed by atoms with Crippen LogP contribution in [0.3, 0.4) is 0 Å². The fourth-order valence-corrected chi connectivity index (χ4v) is 2.78. The van der Waals surface area contributed by atoms with E-state index in [1.165, 1.54) is 25.7 Å². The van der Waals surface area contributed by atoms with Crippen LogP contribution in [0.1, 0.15) is 25.7 Å². The molecule has 0 atom stereocenters. The number of hydrogen-bond donors (Lipinski definition) is 2. The molecule has 3 rings (SSSR count). The van der Waals surface area contributed by atoms with Crippen LogP contribution in [0.2, 0.25) is 0 Å². The third kappa shape index (κ3) is 2.68. The fourth-order valence-electron chi connectivity index (χ4n) is 2.78. The second kappa shape index (κ2) is 5.52. The number of nitrogens with zero attached hydrogens (tertiary/aromatic N) is 4. The molecular formula is C13H20N6. The van der Waals surface area contributed by atoms with Crippen molar-refractivity contribution in [2.75, 3.05) is 25.5 Å². The number of fused-ring (bicyclic) bond motifs is 1. The average Bonchev–Trinajstić information content (AvgIpc) is 3.10. The van der Waals surface area contributed by atoms with E-state index in [-0.39, 0.29) is 0 Å². The van der Waals surface area contributed by atoms with Gasteiger partial charge in [-0.05, 0) is 19.9 Å². The van der Waals surface area contributed by atoms with Crippen molar-refractivity contribution < 1.29 is 0 Å². The Morgan fingerprint density at radius 1 is 1.32 bits per heavy atom. The van der Waals surface area contributed by atoms with Gasteiger partial charge in [-0.2, -0.15) is 0 Å². The molecule has 1 aliphatic rings. The Morgan fingerprint density at radius 3 is 3.00 bits per heavy atom. The lowest BCUT2D eigenvalue weighted by molar-refractivity contribution is 0.254. The number of rotatable bonds is 5. The second-order valence-corrected chi connectivity index (χ2v) is 5.17. The minimum absolute atomic E-state index is 0.710. The van der Waals surface area contributed by atoms with Crippen molar-refractivity contribution in [3.63, 3.8) is 0 Å². The summed E-state index contributed by atoms with van der Waals surface area (Å²) in [6, 6.07) is 0.763. The molecule has 0 unspecified atom stereocenters. The maximum atomic E-state index is 4.26. The Hall–Kier alpha value is -1.69. The van der Waals surface area contributed by atoms with E-state index < -0.39 is 0 Å². The van der Waals surface area contributed by atoms with Gasteiger partial charge in [0.2, 0.25) is 0 Å². The standard InChI is InChI=1S/C13H20N6/c1-19(10-4-2-3-5-10)7-6-14-12-11-13(16-8-15-11)18-9-17-12/h8-10H,2-7H2,1H3,(H2,14,15,16,17,18). The van der Waals surface area contributed by atoms with Crippen LogP contribution >= 0.6 is 0 Å². The SMILES string of the molecule is CN(CCNc1ncnc2nc[nH]c12)C1CCCC1. The van der Waals surface area contributed by atoms with Crippen LogP contribution in [0.25, 0.3) is 11.2 Å². The summed E-state index contributed by atoms with van der Waals surface area (Å²) >= 11 is 0. The lowest BCUT2D eigenvalue weighted by Crippen LogP contribution is -2.33. The largest absolute Gasteiger partial charge is 0.367 e. The van der Waals surface area contributed by atoms with E-state index in [1.54, 1.807) is 12.7 Å². The highest BCUT2D eigenvalue weighted by molar-refractivity contribution is 5.81. The average molecular weight is 260 g/mol. The predicted octanol–water partition coefficient (Wildman–Crippen LogP) is 1.64. The van der Waals surface area contributed by atoms with Crippen molar-refractivity contribution in [2.24, 2.45) is 0 Å². The summed E-state index contributed by atoms with van der Waals surface area (Å²) in [5.74, 6) is 0.835. The molecule has 2 heterocycles. The topological polar surface area (TPSA) is 69.7 Å². The highest BCUT2D eigenvalue weighted by Crippen LogP contribution is 2.22. The summed E-state index contributed by atoms with van der Waals surface area (Å²) in [6.07, 6.45) is 8.64. The molecule has 0 radical (unpaired) electrons. The van der Waals surface area contributed by atoms with Gasteiger partial charge >= 0.3 is 0 Å². The van der Waals surface area contributed by atoms with Gasteiger partial charge in [-0.15, -0.1) is 0 Å². The Labute approximate surface area is 112 Å². The number of nitrogens with one attached hydrogen (secondary N) is 2. The van der Waals surface area contributed by atoms with Crippen LogP contribution in [-0.2, 0) is 0 Å². The first kappa shape index (κ1) is 12.3. The quantitative estimate of drug-likeness (QED) is 0.855. The van der Waals surface area contributed by atoms with E-state index in [0.717, 1.165) is 30.5 Å². The fraction of sp³-hybridized carbons (Fsp3) is 0.615. The van der Waals surface area contributed by atoms with Gasteiger partial charge in [-0.1, -0.05) is 12.8 Å². The molecule has 102 valence electrons. The van der Waals surface area contributed by atoms with Crippen molar-refractivity contribution in [3.8, 4) is 0 Å². The van der Waals surface area contributed by atoms with Crippen LogP contribution in [0.5, 0.6) is 0 Å². The molecule has 1 fully saturated rings. The first-order chi connectivity index (χ1) is 9.34. The summed E-state index contributed by atoms with van der Waals surface area (Å²) in [7, 11) is 2.21. The summed E-state index contributed by atoms with van der Waals surface area (Å²) < 4.78 is 0. The molecule has 2 N–H and O–H groups in total. The number of imidazole rings is 1. The van der Waals surface area contributed by atoms with Crippen LogP contribution < -0.4 is 5.32 Å². The Kier molecular flexibility index (Phi) is 3.59. The number of likely N-dealkylation sites (N-methyl/N-ethyl adjacent to an activating group) is 1. The number of anilines is 1. The number of H-pyrrole nitrogens is 1. The van der Waals surface area contributed by atoms with Crippen molar-refractivity contribution in [2.45, 2.75) is 31.7 Å². The summed E-state index contributed by atoms with van der Waals surface area (Å²) in [5.41, 5.74) is 1.59. The van der Waals surface area contributed by atoms with Gasteiger partial charge in [0, 0.05) is 19.1 Å². The van der Waals surface area contributed by atoms with E-state index >= 15 is 0 Å². The first-order valence-corrected chi connectivity index (χ1v) is 6.93. The van der Waals surface area contributed by atoms with Gasteiger partial charge in [-0.25, -0.2) is 15.0 Å². The van der Waals surface area contributed by atoms with E-state index in [4.69, 9.17) is 0 Å². The molecule has 0 aliphatic heterocycles. The molecular weight excluding hydrogens is 240 g/mol. The van der Waals surface area contributed by atoms with Gasteiger partial charge in [-0.3, -0.25) is 0 Å². The van der Waals surface area contributed by atoms with Gasteiger partial charge in [0.1, 0.15) is 11.8 Å². The van der Waals surface area contributed by atoms with Gasteiger partial charge in [0.05, 0.1) is 6.33 Å². The first-order valence-electron chi connectivity index (χ1n) is 6.93. The van der Waals surface area contributed by atoms with Crippen molar-refractivity contribution in [3.05, 3.63) is 12.7 Å². The molecule has 0 bridgehead atoms. The monoisotopic (exact) mass is 260 g/mol. The lowest BCUT2D eigenvalue weighted by Gasteiger charge is -2.24. The molecule has 0 saturated heterocycles. The summed E-state index contributed by atoms with van der Waals surface area (Å²) in [5, 5.41) is 3.36. The van der Waals surface area contributed by atoms with Crippen molar-refractivity contribution in [1.29, 1.82) is 0 Å². The van der Waals surface area contributed by atoms with Gasteiger partial charge in [0.25, 0.3) is 0 Å². The lowest BCUT2D eigenvalue weighted by atomic mass is 10.2. The highest BCUT2D eigenvalue weighted by Gasteiger charge is 2.18. The molecule has 0 aromatic carbocycles. The highest BCUT2D eigenvalue weighted by atomic mass is 15.2. The Morgan fingerprint density at radius 2 is 2.16 bits per heavy atom. The van der Waals surface area contributed by atoms with Crippen molar-refractivity contribution in [1.82, 2.24) is 24.8 Å². The molecule has 6 heteroatoms. The van der Waals surface area contributed by atoms with Gasteiger partial charge < -0.3 is 15.2 Å². The number of aromatic nitrogens is 4. The third-order valence-electron chi connectivity index (χ3n) is 3.93. The molecule has 1 aliphatic carbocycles. The van der Waals surface area contributed by atoms with E-state index in [9.17, 15) is 0 Å². The number of aromatic amines is 1. The third-order valence-corrected chi connectivity index (χ3v) is 3.93. The molecule has 1 saturated carbocycles. The minimum atomic E-state index is 0.710. The summed E-state index contributed by atoms with van der Waals surface area (Å²) in [4.78, 5) is 18.0. The van der Waals surface area contributed by atoms with Crippen LogP contribution in [0.4, 0.5) is 5.82 Å². The Balaban J connectivity index is 1.55. The van der Waals surface area contributed by atoms with Crippen LogP contribution in [0, 0.1) is 0 Å².